The summed E-state index contributed by atoms with van der Waals surface area (Å²) >= 11 is 0. The number of H-pyrrole nitrogens is 1. The highest BCUT2D eigenvalue weighted by Gasteiger charge is 2.16. The molecule has 0 bridgehead atoms. The summed E-state index contributed by atoms with van der Waals surface area (Å²) in [5, 5.41) is 19.5. The lowest BCUT2D eigenvalue weighted by atomic mass is 9.86. The van der Waals surface area contributed by atoms with Crippen LogP contribution in [0.4, 0.5) is 0 Å². The number of hydrogen-bond donors (Lipinski definition) is 2. The lowest BCUT2D eigenvalue weighted by molar-refractivity contribution is -0.143. The second-order valence-electron chi connectivity index (χ2n) is 7.09. The molecule has 1 aliphatic rings. The molecule has 0 aliphatic heterocycles. The molecule has 1 aromatic carbocycles. The van der Waals surface area contributed by atoms with Gasteiger partial charge in [0, 0.05) is 6.42 Å². The summed E-state index contributed by atoms with van der Waals surface area (Å²) in [7, 11) is 0. The highest BCUT2D eigenvalue weighted by molar-refractivity contribution is 5.82. The number of nitrogens with one attached hydrogen (secondary N) is 1. The van der Waals surface area contributed by atoms with E-state index in [0.717, 1.165) is 24.3 Å². The third-order valence-corrected chi connectivity index (χ3v) is 5.11. The molecule has 2 N–H and O–H groups in total. The van der Waals surface area contributed by atoms with Crippen LogP contribution in [0, 0.1) is 17.2 Å². The Bertz CT molecular complexity index is 824. The maximum Gasteiger partial charge on any atom is 0.306 e. The van der Waals surface area contributed by atoms with Crippen molar-refractivity contribution in [3.8, 4) is 6.07 Å². The molecule has 0 radical (unpaired) electrons. The van der Waals surface area contributed by atoms with Crippen LogP contribution in [-0.2, 0) is 9.53 Å². The van der Waals surface area contributed by atoms with E-state index in [1.54, 1.807) is 0 Å². The molecule has 0 spiro atoms. The monoisotopic (exact) mass is 367 g/mol. The molecule has 1 aromatic heterocycles. The largest absolute Gasteiger partial charge is 0.507 e. The van der Waals surface area contributed by atoms with Crippen molar-refractivity contribution in [3.05, 3.63) is 35.8 Å². The number of carbonyl (C=O) groups excluding carboxylic acids is 1. The number of benzene rings is 1. The van der Waals surface area contributed by atoms with Gasteiger partial charge in [0.1, 0.15) is 18.2 Å². The molecule has 1 aliphatic carbocycles. The van der Waals surface area contributed by atoms with Gasteiger partial charge in [0.25, 0.3) is 0 Å². The third kappa shape index (κ3) is 5.10. The Morgan fingerprint density at radius 3 is 2.81 bits per heavy atom. The van der Waals surface area contributed by atoms with Crippen molar-refractivity contribution >= 4 is 22.6 Å². The molecular weight excluding hydrogens is 342 g/mol. The number of hydrogen-bond acceptors (Lipinski definition) is 5. The van der Waals surface area contributed by atoms with E-state index in [0.29, 0.717) is 11.9 Å². The van der Waals surface area contributed by atoms with Gasteiger partial charge in [0.2, 0.25) is 0 Å². The number of nitriles is 1. The maximum atomic E-state index is 11.9. The number of nitrogens with zero attached hydrogens (tertiary/aromatic N) is 2. The standard InChI is InChI=1S/C21H25N3O3/c22-13-16(21-23-17-10-4-5-11-18(17)24-21)19(25)14-27-20(26)12-6-9-15-7-2-1-3-8-15/h4-5,10-11,15,25H,1-3,6-9,12,14H2,(H,23,24)/b19-16-. The summed E-state index contributed by atoms with van der Waals surface area (Å²) in [6.45, 7) is -0.317. The average Bonchev–Trinajstić information content (AvgIpc) is 3.11. The van der Waals surface area contributed by atoms with Crippen LogP contribution in [0.15, 0.2) is 30.0 Å². The van der Waals surface area contributed by atoms with Gasteiger partial charge in [-0.15, -0.1) is 0 Å². The molecule has 3 rings (SSSR count). The summed E-state index contributed by atoms with van der Waals surface area (Å²) in [5.41, 5.74) is 1.46. The lowest BCUT2D eigenvalue weighted by Crippen LogP contribution is -2.11. The molecule has 6 heteroatoms. The van der Waals surface area contributed by atoms with Gasteiger partial charge in [-0.1, -0.05) is 44.2 Å². The Morgan fingerprint density at radius 2 is 2.07 bits per heavy atom. The second-order valence-corrected chi connectivity index (χ2v) is 7.09. The number of rotatable bonds is 7. The Labute approximate surface area is 158 Å². The van der Waals surface area contributed by atoms with E-state index in [-0.39, 0.29) is 29.7 Å². The van der Waals surface area contributed by atoms with Crippen molar-refractivity contribution in [2.75, 3.05) is 6.61 Å². The van der Waals surface area contributed by atoms with E-state index in [4.69, 9.17) is 4.74 Å². The zero-order valence-corrected chi connectivity index (χ0v) is 15.4. The minimum absolute atomic E-state index is 0.0128. The normalized spacial score (nSPS) is 16.0. The Kier molecular flexibility index (Phi) is 6.48. The van der Waals surface area contributed by atoms with Gasteiger partial charge < -0.3 is 14.8 Å². The van der Waals surface area contributed by atoms with E-state index in [9.17, 15) is 15.2 Å². The van der Waals surface area contributed by atoms with Gasteiger partial charge in [-0.25, -0.2) is 4.98 Å². The molecule has 27 heavy (non-hydrogen) atoms. The first-order valence-electron chi connectivity index (χ1n) is 9.60. The average molecular weight is 367 g/mol. The molecule has 0 saturated heterocycles. The second kappa shape index (κ2) is 9.22. The minimum Gasteiger partial charge on any atom is -0.507 e. The van der Waals surface area contributed by atoms with Crippen LogP contribution in [0.3, 0.4) is 0 Å². The molecular formula is C21H25N3O3. The van der Waals surface area contributed by atoms with Crippen LogP contribution in [0.1, 0.15) is 57.2 Å². The van der Waals surface area contributed by atoms with Crippen LogP contribution < -0.4 is 0 Å². The minimum atomic E-state index is -0.348. The zero-order chi connectivity index (χ0) is 19.1. The number of allylic oxidation sites excluding steroid dienone is 1. The van der Waals surface area contributed by atoms with Crippen molar-refractivity contribution < 1.29 is 14.6 Å². The molecule has 0 atom stereocenters. The van der Waals surface area contributed by atoms with Gasteiger partial charge in [-0.3, -0.25) is 4.79 Å². The van der Waals surface area contributed by atoms with Crippen molar-refractivity contribution in [2.45, 2.75) is 51.4 Å². The molecule has 142 valence electrons. The summed E-state index contributed by atoms with van der Waals surface area (Å²) in [5.74, 6) is 0.360. The Morgan fingerprint density at radius 1 is 1.30 bits per heavy atom. The van der Waals surface area contributed by atoms with Gasteiger partial charge in [-0.05, 0) is 30.9 Å². The first-order valence-corrected chi connectivity index (χ1v) is 9.60. The van der Waals surface area contributed by atoms with Gasteiger partial charge in [0.15, 0.2) is 11.6 Å². The van der Waals surface area contributed by atoms with Crippen molar-refractivity contribution in [2.24, 2.45) is 5.92 Å². The number of para-hydroxylation sites is 2. The number of ether oxygens (including phenoxy) is 1. The van der Waals surface area contributed by atoms with Gasteiger partial charge >= 0.3 is 5.97 Å². The number of imidazole rings is 1. The van der Waals surface area contributed by atoms with E-state index in [2.05, 4.69) is 9.97 Å². The first kappa shape index (κ1) is 19.0. The molecule has 0 unspecified atom stereocenters. The number of carbonyl (C=O) groups is 1. The lowest BCUT2D eigenvalue weighted by Gasteiger charge is -2.20. The van der Waals surface area contributed by atoms with Gasteiger partial charge in [0.05, 0.1) is 11.0 Å². The van der Waals surface area contributed by atoms with E-state index in [1.807, 2.05) is 30.3 Å². The predicted molar refractivity (Wildman–Crippen MR) is 103 cm³/mol. The van der Waals surface area contributed by atoms with Crippen LogP contribution in [0.25, 0.3) is 16.6 Å². The Balaban J connectivity index is 1.52. The molecule has 1 saturated carbocycles. The van der Waals surface area contributed by atoms with E-state index in [1.165, 1.54) is 32.1 Å². The van der Waals surface area contributed by atoms with Crippen LogP contribution in [0.5, 0.6) is 0 Å². The molecule has 0 amide bonds. The fourth-order valence-electron chi connectivity index (χ4n) is 3.63. The number of aliphatic hydroxyl groups excluding tert-OH is 1. The smallest absolute Gasteiger partial charge is 0.306 e. The summed E-state index contributed by atoms with van der Waals surface area (Å²) in [4.78, 5) is 19.2. The number of aromatic nitrogens is 2. The third-order valence-electron chi connectivity index (χ3n) is 5.11. The molecule has 1 fully saturated rings. The number of aromatic amines is 1. The van der Waals surface area contributed by atoms with E-state index < -0.39 is 0 Å². The molecule has 2 aromatic rings. The number of esters is 1. The SMILES string of the molecule is N#C/C(=C(/O)COC(=O)CCCC1CCCCC1)c1nc2ccccc2[nH]1. The maximum absolute atomic E-state index is 11.9. The molecule has 6 nitrogen and oxygen atoms in total. The van der Waals surface area contributed by atoms with Crippen molar-refractivity contribution in [3.63, 3.8) is 0 Å². The topological polar surface area (TPSA) is 99.0 Å². The highest BCUT2D eigenvalue weighted by atomic mass is 16.5. The Hall–Kier alpha value is -2.81. The fourth-order valence-corrected chi connectivity index (χ4v) is 3.63. The first-order chi connectivity index (χ1) is 13.2. The summed E-state index contributed by atoms with van der Waals surface area (Å²) in [6, 6.07) is 9.29. The van der Waals surface area contributed by atoms with Crippen LogP contribution in [0.2, 0.25) is 0 Å². The number of aliphatic hydroxyl groups is 1. The van der Waals surface area contributed by atoms with Crippen LogP contribution >= 0.6 is 0 Å². The quantitative estimate of drug-likeness (QED) is 0.421. The fraction of sp³-hybridized carbons (Fsp3) is 0.476. The van der Waals surface area contributed by atoms with Crippen molar-refractivity contribution in [1.29, 1.82) is 5.26 Å². The van der Waals surface area contributed by atoms with E-state index >= 15 is 0 Å². The zero-order valence-electron chi connectivity index (χ0n) is 15.4. The highest BCUT2D eigenvalue weighted by Crippen LogP contribution is 2.27. The summed E-state index contributed by atoms with van der Waals surface area (Å²) in [6.07, 6.45) is 8.66. The number of fused-ring (bicyclic) bond motifs is 1. The summed E-state index contributed by atoms with van der Waals surface area (Å²) < 4.78 is 5.13. The molecule has 1 heterocycles. The van der Waals surface area contributed by atoms with Crippen LogP contribution in [-0.4, -0.2) is 27.7 Å². The predicted octanol–water partition coefficient (Wildman–Crippen LogP) is 4.65. The van der Waals surface area contributed by atoms with Gasteiger partial charge in [-0.2, -0.15) is 5.26 Å². The van der Waals surface area contributed by atoms with Crippen molar-refractivity contribution in [1.82, 2.24) is 9.97 Å².